The van der Waals surface area contributed by atoms with Gasteiger partial charge < -0.3 is 10.1 Å². The third-order valence-corrected chi connectivity index (χ3v) is 6.15. The Labute approximate surface area is 180 Å². The predicted octanol–water partition coefficient (Wildman–Crippen LogP) is 4.24. The van der Waals surface area contributed by atoms with Crippen LogP contribution in [0, 0.1) is 0 Å². The molecule has 9 heteroatoms. The highest BCUT2D eigenvalue weighted by atomic mass is 35.5. The number of esters is 1. The summed E-state index contributed by atoms with van der Waals surface area (Å²) in [5.74, 6) is -1.01. The van der Waals surface area contributed by atoms with E-state index in [0.29, 0.717) is 27.9 Å². The second-order valence-corrected chi connectivity index (χ2v) is 8.51. The van der Waals surface area contributed by atoms with Gasteiger partial charge in [-0.25, -0.2) is 9.78 Å². The second-order valence-electron chi connectivity index (χ2n) is 6.04. The number of ether oxygens (including phenoxy) is 1. The summed E-state index contributed by atoms with van der Waals surface area (Å²) in [6.45, 7) is 1.62. The van der Waals surface area contributed by atoms with Gasteiger partial charge in [-0.3, -0.25) is 9.59 Å². The summed E-state index contributed by atoms with van der Waals surface area (Å²) >= 11 is 8.51. The van der Waals surface area contributed by atoms with Crippen molar-refractivity contribution in [2.45, 2.75) is 13.3 Å². The first-order chi connectivity index (χ1) is 13.9. The van der Waals surface area contributed by atoms with Crippen LogP contribution in [0.1, 0.15) is 32.0 Å². The van der Waals surface area contributed by atoms with Crippen LogP contribution in [0.3, 0.4) is 0 Å². The lowest BCUT2D eigenvalue weighted by Gasteiger charge is -2.01. The number of aromatic nitrogens is 1. The summed E-state index contributed by atoms with van der Waals surface area (Å²) in [5.41, 5.74) is 1.01. The van der Waals surface area contributed by atoms with Crippen LogP contribution in [-0.4, -0.2) is 35.8 Å². The van der Waals surface area contributed by atoms with Crippen molar-refractivity contribution in [1.29, 1.82) is 0 Å². The van der Waals surface area contributed by atoms with Gasteiger partial charge in [0.15, 0.2) is 12.3 Å². The van der Waals surface area contributed by atoms with Crippen molar-refractivity contribution in [2.75, 3.05) is 13.2 Å². The molecule has 150 valence electrons. The highest BCUT2D eigenvalue weighted by molar-refractivity contribution is 7.14. The Bertz CT molecular complexity index is 1030. The molecule has 29 heavy (non-hydrogen) atoms. The van der Waals surface area contributed by atoms with Gasteiger partial charge in [-0.2, -0.15) is 0 Å². The van der Waals surface area contributed by atoms with Gasteiger partial charge in [0.05, 0.1) is 4.88 Å². The number of carbonyl (C=O) groups is 3. The summed E-state index contributed by atoms with van der Waals surface area (Å²) in [5, 5.41) is 5.60. The van der Waals surface area contributed by atoms with Gasteiger partial charge in [-0.1, -0.05) is 23.7 Å². The number of carbonyl (C=O) groups excluding carboxylic acids is 3. The molecule has 1 aromatic carbocycles. The Morgan fingerprint density at radius 3 is 2.62 bits per heavy atom. The topological polar surface area (TPSA) is 85.4 Å². The van der Waals surface area contributed by atoms with Crippen LogP contribution in [-0.2, 0) is 16.0 Å². The van der Waals surface area contributed by atoms with Crippen LogP contribution in [0.25, 0.3) is 10.6 Å². The number of benzene rings is 1. The van der Waals surface area contributed by atoms with Crippen LogP contribution in [0.4, 0.5) is 0 Å². The van der Waals surface area contributed by atoms with Crippen molar-refractivity contribution in [3.8, 4) is 10.6 Å². The second kappa shape index (κ2) is 9.78. The van der Waals surface area contributed by atoms with Gasteiger partial charge in [0.25, 0.3) is 0 Å². The monoisotopic (exact) mass is 448 g/mol. The quantitative estimate of drug-likeness (QED) is 0.411. The molecule has 0 saturated carbocycles. The minimum Gasteiger partial charge on any atom is -0.453 e. The Morgan fingerprint density at radius 1 is 1.14 bits per heavy atom. The molecule has 6 nitrogen and oxygen atoms in total. The van der Waals surface area contributed by atoms with E-state index in [0.717, 1.165) is 10.4 Å². The van der Waals surface area contributed by atoms with E-state index in [-0.39, 0.29) is 24.0 Å². The maximum atomic E-state index is 12.3. The van der Waals surface area contributed by atoms with Gasteiger partial charge in [-0.15, -0.1) is 22.7 Å². The number of nitrogens with zero attached hydrogens (tertiary/aromatic N) is 1. The summed E-state index contributed by atoms with van der Waals surface area (Å²) in [6.07, 6.45) is 0.642. The number of rotatable bonds is 8. The number of Topliss-reactive ketones (excluding diaryl/α,β-unsaturated/α-hetero) is 1. The molecule has 0 spiro atoms. The maximum Gasteiger partial charge on any atom is 0.358 e. The molecule has 3 rings (SSSR count). The van der Waals surface area contributed by atoms with E-state index in [4.69, 9.17) is 16.3 Å². The molecule has 0 saturated heterocycles. The number of hydrogen-bond donors (Lipinski definition) is 1. The van der Waals surface area contributed by atoms with E-state index in [2.05, 4.69) is 10.3 Å². The van der Waals surface area contributed by atoms with Crippen LogP contribution in [0.2, 0.25) is 5.02 Å². The van der Waals surface area contributed by atoms with Gasteiger partial charge in [-0.05, 0) is 30.7 Å². The lowest BCUT2D eigenvalue weighted by atomic mass is 10.2. The Kier molecular flexibility index (Phi) is 7.13. The molecule has 0 bridgehead atoms. The molecular weight excluding hydrogens is 432 g/mol. The molecular formula is C20H17ClN2O4S2. The first-order valence-electron chi connectivity index (χ1n) is 8.67. The standard InChI is InChI=1S/C20H17ClN2O4S2/c1-12(24)22-9-8-15-6-7-18(29-15)17(25)10-27-20(26)16-11-28-19(23-16)13-2-4-14(21)5-3-13/h2-7,11H,8-10H2,1H3,(H,22,24). The first kappa shape index (κ1) is 21.2. The van der Waals surface area contributed by atoms with E-state index in [9.17, 15) is 14.4 Å². The largest absolute Gasteiger partial charge is 0.453 e. The van der Waals surface area contributed by atoms with E-state index in [1.165, 1.54) is 29.6 Å². The lowest BCUT2D eigenvalue weighted by molar-refractivity contribution is -0.118. The molecule has 1 amide bonds. The van der Waals surface area contributed by atoms with Crippen LogP contribution < -0.4 is 5.32 Å². The van der Waals surface area contributed by atoms with E-state index < -0.39 is 5.97 Å². The normalized spacial score (nSPS) is 10.6. The average molecular weight is 449 g/mol. The third-order valence-electron chi connectivity index (χ3n) is 3.82. The first-order valence-corrected chi connectivity index (χ1v) is 10.7. The molecule has 0 unspecified atom stereocenters. The van der Waals surface area contributed by atoms with Crippen LogP contribution >= 0.6 is 34.3 Å². The van der Waals surface area contributed by atoms with Crippen molar-refractivity contribution in [3.63, 3.8) is 0 Å². The molecule has 3 aromatic rings. The average Bonchev–Trinajstić information content (AvgIpc) is 3.36. The number of amides is 1. The zero-order chi connectivity index (χ0) is 20.8. The number of thiazole rings is 1. The van der Waals surface area contributed by atoms with Crippen LogP contribution in [0.15, 0.2) is 41.8 Å². The fourth-order valence-electron chi connectivity index (χ4n) is 2.39. The van der Waals surface area contributed by atoms with Gasteiger partial charge in [0, 0.05) is 34.3 Å². The minimum absolute atomic E-state index is 0.0916. The summed E-state index contributed by atoms with van der Waals surface area (Å²) in [4.78, 5) is 41.1. The Balaban J connectivity index is 1.53. The Hall–Kier alpha value is -2.55. The zero-order valence-corrected chi connectivity index (χ0v) is 17.8. The number of ketones is 1. The molecule has 0 fully saturated rings. The zero-order valence-electron chi connectivity index (χ0n) is 15.4. The SMILES string of the molecule is CC(=O)NCCc1ccc(C(=O)COC(=O)c2csc(-c3ccc(Cl)cc3)n2)s1. The smallest absolute Gasteiger partial charge is 0.358 e. The third kappa shape index (κ3) is 5.96. The summed E-state index contributed by atoms with van der Waals surface area (Å²) in [7, 11) is 0. The summed E-state index contributed by atoms with van der Waals surface area (Å²) in [6, 6.07) is 10.7. The van der Waals surface area contributed by atoms with Gasteiger partial charge in [0.1, 0.15) is 5.01 Å². The van der Waals surface area contributed by atoms with Crippen molar-refractivity contribution >= 4 is 51.9 Å². The van der Waals surface area contributed by atoms with Crippen LogP contribution in [0.5, 0.6) is 0 Å². The van der Waals surface area contributed by atoms with Gasteiger partial charge >= 0.3 is 5.97 Å². The molecule has 0 aliphatic rings. The van der Waals surface area contributed by atoms with Crippen molar-refractivity contribution in [1.82, 2.24) is 10.3 Å². The number of nitrogens with one attached hydrogen (secondary N) is 1. The van der Waals surface area contributed by atoms with Crippen molar-refractivity contribution in [3.05, 3.63) is 62.2 Å². The number of hydrogen-bond acceptors (Lipinski definition) is 7. The van der Waals surface area contributed by atoms with E-state index >= 15 is 0 Å². The molecule has 2 aromatic heterocycles. The Morgan fingerprint density at radius 2 is 1.90 bits per heavy atom. The van der Waals surface area contributed by atoms with Crippen molar-refractivity contribution < 1.29 is 19.1 Å². The molecule has 1 N–H and O–H groups in total. The van der Waals surface area contributed by atoms with E-state index in [1.54, 1.807) is 23.6 Å². The molecule has 0 radical (unpaired) electrons. The highest BCUT2D eigenvalue weighted by Gasteiger charge is 2.17. The summed E-state index contributed by atoms with van der Waals surface area (Å²) < 4.78 is 5.12. The molecule has 2 heterocycles. The number of thiophene rings is 1. The predicted molar refractivity (Wildman–Crippen MR) is 114 cm³/mol. The highest BCUT2D eigenvalue weighted by Crippen LogP contribution is 2.25. The lowest BCUT2D eigenvalue weighted by Crippen LogP contribution is -2.22. The molecule has 0 atom stereocenters. The maximum absolute atomic E-state index is 12.3. The fraction of sp³-hybridized carbons (Fsp3) is 0.200. The fourth-order valence-corrected chi connectivity index (χ4v) is 4.25. The number of halogens is 1. The van der Waals surface area contributed by atoms with E-state index in [1.807, 2.05) is 18.2 Å². The molecule has 0 aliphatic heterocycles. The van der Waals surface area contributed by atoms with Gasteiger partial charge in [0.2, 0.25) is 11.7 Å². The minimum atomic E-state index is -0.641. The van der Waals surface area contributed by atoms with Crippen molar-refractivity contribution in [2.24, 2.45) is 0 Å². The molecule has 0 aliphatic carbocycles.